The maximum Gasteiger partial charge on any atom is 0.200 e. The molecule has 37 heavy (non-hydrogen) atoms. The number of ether oxygens (including phenoxy) is 2. The smallest absolute Gasteiger partial charge is 0.200 e. The van der Waals surface area contributed by atoms with Crippen LogP contribution in [0.15, 0.2) is 54.6 Å². The van der Waals surface area contributed by atoms with Crippen LogP contribution in [0.2, 0.25) is 0 Å². The molecule has 2 aromatic rings. The largest absolute Gasteiger partial charge is 0.379 e. The van der Waals surface area contributed by atoms with Crippen LogP contribution in [0.25, 0.3) is 11.1 Å². The number of nitrogens with zero attached hydrogens (tertiary/aromatic N) is 1. The lowest BCUT2D eigenvalue weighted by Crippen LogP contribution is -2.49. The van der Waals surface area contributed by atoms with Gasteiger partial charge in [-0.2, -0.15) is 0 Å². The number of carbonyl (C=O) groups is 1. The molecule has 202 valence electrons. The molecular weight excluding hydrogens is 485 g/mol. The molecule has 1 saturated carbocycles. The second-order valence-electron chi connectivity index (χ2n) is 10.4. The average molecular weight is 528 g/mol. The fourth-order valence-corrected chi connectivity index (χ4v) is 6.68. The minimum Gasteiger partial charge on any atom is -0.379 e. The number of hydrogen-bond donors (Lipinski definition) is 1. The normalized spacial score (nSPS) is 24.3. The quantitative estimate of drug-likeness (QED) is 0.263. The van der Waals surface area contributed by atoms with Crippen LogP contribution in [0.5, 0.6) is 0 Å². The third-order valence-electron chi connectivity index (χ3n) is 7.87. The van der Waals surface area contributed by atoms with Crippen LogP contribution in [0.3, 0.4) is 0 Å². The summed E-state index contributed by atoms with van der Waals surface area (Å²) in [6.45, 7) is 5.22. The van der Waals surface area contributed by atoms with Gasteiger partial charge in [0.1, 0.15) is 0 Å². The van der Waals surface area contributed by atoms with Gasteiger partial charge in [0.05, 0.1) is 32.0 Å². The second-order valence-corrected chi connectivity index (χ2v) is 13.2. The molecule has 0 aromatic heterocycles. The average Bonchev–Trinajstić information content (AvgIpc) is 3.25. The molecule has 2 aliphatic rings. The highest BCUT2D eigenvalue weighted by atomic mass is 31.2. The summed E-state index contributed by atoms with van der Waals surface area (Å²) in [5, 5.41) is 0. The monoisotopic (exact) mass is 527 g/mol. The minimum absolute atomic E-state index is 0.0769. The summed E-state index contributed by atoms with van der Waals surface area (Å²) in [7, 11) is -2.93. The lowest BCUT2D eigenvalue weighted by molar-refractivity contribution is -0.124. The molecule has 6 nitrogen and oxygen atoms in total. The lowest BCUT2D eigenvalue weighted by Gasteiger charge is -2.35. The first kappa shape index (κ1) is 28.2. The molecular formula is C30H42NO5P. The van der Waals surface area contributed by atoms with Gasteiger partial charge >= 0.3 is 0 Å². The molecule has 4 atom stereocenters. The van der Waals surface area contributed by atoms with E-state index in [0.29, 0.717) is 44.3 Å². The molecule has 0 spiro atoms. The van der Waals surface area contributed by atoms with Gasteiger partial charge in [-0.25, -0.2) is 0 Å². The molecule has 1 aliphatic heterocycles. The van der Waals surface area contributed by atoms with Gasteiger partial charge in [0.2, 0.25) is 0 Å². The number of morpholine rings is 1. The van der Waals surface area contributed by atoms with E-state index in [2.05, 4.69) is 41.3 Å². The molecule has 3 unspecified atom stereocenters. The number of unbranched alkanes of at least 4 members (excludes halogenated alkanes) is 3. The molecule has 4 rings (SSSR count). The number of rotatable bonds is 13. The zero-order valence-corrected chi connectivity index (χ0v) is 23.0. The summed E-state index contributed by atoms with van der Waals surface area (Å²) in [4.78, 5) is 25.3. The van der Waals surface area contributed by atoms with Crippen LogP contribution in [0, 0.1) is 5.92 Å². The Kier molecular flexibility index (Phi) is 10.5. The zero-order valence-electron chi connectivity index (χ0n) is 22.1. The molecule has 1 N–H and O–H groups in total. The highest BCUT2D eigenvalue weighted by Gasteiger charge is 2.45. The van der Waals surface area contributed by atoms with Crippen molar-refractivity contribution in [1.82, 2.24) is 4.90 Å². The topological polar surface area (TPSA) is 76.1 Å². The van der Waals surface area contributed by atoms with E-state index in [4.69, 9.17) is 9.47 Å². The fraction of sp³-hybridized carbons (Fsp3) is 0.567. The molecule has 1 heterocycles. The van der Waals surface area contributed by atoms with Gasteiger partial charge in [0.25, 0.3) is 0 Å². The predicted octanol–water partition coefficient (Wildman–Crippen LogP) is 5.77. The lowest BCUT2D eigenvalue weighted by atomic mass is 9.92. The van der Waals surface area contributed by atoms with Gasteiger partial charge in [-0.3, -0.25) is 14.3 Å². The van der Waals surface area contributed by atoms with Crippen molar-refractivity contribution in [2.45, 2.75) is 64.2 Å². The van der Waals surface area contributed by atoms with Crippen molar-refractivity contribution in [3.05, 3.63) is 60.2 Å². The van der Waals surface area contributed by atoms with E-state index >= 15 is 0 Å². The van der Waals surface area contributed by atoms with Crippen LogP contribution in [-0.4, -0.2) is 66.3 Å². The SMILES string of the molecule is CCP(=O)(O)CCCCCC[C@H]1C(OCc2ccc(-c3ccccc3)cc2)CC(=O)C1N1CCOCC1. The maximum absolute atomic E-state index is 13.2. The van der Waals surface area contributed by atoms with E-state index in [1.807, 2.05) is 18.2 Å². The van der Waals surface area contributed by atoms with E-state index in [0.717, 1.165) is 50.8 Å². The Bertz CT molecular complexity index is 1020. The van der Waals surface area contributed by atoms with Gasteiger partial charge in [-0.05, 0) is 29.5 Å². The highest BCUT2D eigenvalue weighted by Crippen LogP contribution is 2.41. The zero-order chi connectivity index (χ0) is 26.1. The first-order valence-electron chi connectivity index (χ1n) is 13.9. The summed E-state index contributed by atoms with van der Waals surface area (Å²) >= 11 is 0. The molecule has 2 aromatic carbocycles. The van der Waals surface area contributed by atoms with Crippen LogP contribution in [0.4, 0.5) is 0 Å². The van der Waals surface area contributed by atoms with Gasteiger partial charge in [-0.15, -0.1) is 0 Å². The van der Waals surface area contributed by atoms with Crippen LogP contribution in [0.1, 0.15) is 51.0 Å². The van der Waals surface area contributed by atoms with E-state index in [1.54, 1.807) is 6.92 Å². The molecule has 0 bridgehead atoms. The van der Waals surface area contributed by atoms with Crippen LogP contribution < -0.4 is 0 Å². The summed E-state index contributed by atoms with van der Waals surface area (Å²) in [5.41, 5.74) is 3.49. The first-order chi connectivity index (χ1) is 18.0. The van der Waals surface area contributed by atoms with Crippen LogP contribution >= 0.6 is 7.37 Å². The second kappa shape index (κ2) is 13.8. The van der Waals surface area contributed by atoms with Crippen molar-refractivity contribution in [2.75, 3.05) is 38.6 Å². The van der Waals surface area contributed by atoms with Crippen molar-refractivity contribution in [1.29, 1.82) is 0 Å². The van der Waals surface area contributed by atoms with Gasteiger partial charge in [-0.1, -0.05) is 80.8 Å². The Morgan fingerprint density at radius 1 is 0.973 bits per heavy atom. The standard InChI is InChI=1S/C30H42NO5P/c1-2-37(33,34)21-9-4-3-8-12-27-29(22-28(32)30(27)31-17-19-35-20-18-31)36-23-24-13-15-26(16-14-24)25-10-6-5-7-11-25/h5-7,10-11,13-16,27,29-30H,2-4,8-9,12,17-23H2,1H3,(H,33,34)/t27-,29?,30?/m0/s1. The van der Waals surface area contributed by atoms with E-state index in [9.17, 15) is 14.3 Å². The Labute approximate surface area is 221 Å². The van der Waals surface area contributed by atoms with E-state index < -0.39 is 7.37 Å². The van der Waals surface area contributed by atoms with Crippen molar-refractivity contribution in [2.24, 2.45) is 5.92 Å². The highest BCUT2D eigenvalue weighted by molar-refractivity contribution is 7.57. The fourth-order valence-electron chi connectivity index (χ4n) is 5.65. The van der Waals surface area contributed by atoms with Crippen molar-refractivity contribution in [3.63, 3.8) is 0 Å². The Morgan fingerprint density at radius 2 is 1.65 bits per heavy atom. The summed E-state index contributed by atoms with van der Waals surface area (Å²) in [6, 6.07) is 18.7. The molecule has 1 aliphatic carbocycles. The minimum atomic E-state index is -2.93. The molecule has 1 saturated heterocycles. The maximum atomic E-state index is 13.2. The van der Waals surface area contributed by atoms with Gasteiger partial charge < -0.3 is 14.4 Å². The van der Waals surface area contributed by atoms with Gasteiger partial charge in [0, 0.05) is 37.8 Å². The van der Waals surface area contributed by atoms with Crippen molar-refractivity contribution in [3.8, 4) is 11.1 Å². The third kappa shape index (κ3) is 8.08. The predicted molar refractivity (Wildman–Crippen MR) is 148 cm³/mol. The number of benzene rings is 2. The summed E-state index contributed by atoms with van der Waals surface area (Å²) in [6.07, 6.45) is 5.86. The van der Waals surface area contributed by atoms with Crippen molar-refractivity contribution >= 4 is 13.2 Å². The Balaban J connectivity index is 1.34. The van der Waals surface area contributed by atoms with Crippen molar-refractivity contribution < 1.29 is 23.7 Å². The summed E-state index contributed by atoms with van der Waals surface area (Å²) < 4.78 is 23.9. The number of hydrogen-bond acceptors (Lipinski definition) is 5. The van der Waals surface area contributed by atoms with Gasteiger partial charge in [0.15, 0.2) is 13.2 Å². The molecule has 0 amide bonds. The molecule has 0 radical (unpaired) electrons. The number of ketones is 1. The van der Waals surface area contributed by atoms with E-state index in [-0.39, 0.29) is 18.1 Å². The Morgan fingerprint density at radius 3 is 2.35 bits per heavy atom. The number of Topliss-reactive ketones (excluding diaryl/α,β-unsaturated/α-hetero) is 1. The first-order valence-corrected chi connectivity index (χ1v) is 15.9. The Hall–Kier alpha value is -1.82. The van der Waals surface area contributed by atoms with Crippen LogP contribution in [-0.2, 0) is 25.4 Å². The number of carbonyl (C=O) groups excluding carboxylic acids is 1. The summed E-state index contributed by atoms with van der Waals surface area (Å²) in [5.74, 6) is 0.467. The molecule has 7 heteroatoms. The molecule has 2 fully saturated rings. The third-order valence-corrected chi connectivity index (χ3v) is 9.87. The van der Waals surface area contributed by atoms with E-state index in [1.165, 1.54) is 11.1 Å².